The molecule has 2 aromatic carbocycles. The van der Waals surface area contributed by atoms with Crippen LogP contribution in [0.25, 0.3) is 0 Å². The molecule has 3 N–H and O–H groups in total. The highest BCUT2D eigenvalue weighted by atomic mass is 16.5. The molecule has 0 unspecified atom stereocenters. The normalized spacial score (nSPS) is 19.1. The van der Waals surface area contributed by atoms with E-state index >= 15 is 0 Å². The van der Waals surface area contributed by atoms with Gasteiger partial charge in [0, 0.05) is 19.1 Å². The van der Waals surface area contributed by atoms with E-state index in [0.29, 0.717) is 19.5 Å². The van der Waals surface area contributed by atoms with E-state index in [1.807, 2.05) is 54.6 Å². The maximum atomic E-state index is 11.2. The van der Waals surface area contributed by atoms with E-state index in [9.17, 15) is 9.90 Å². The van der Waals surface area contributed by atoms with Crippen molar-refractivity contribution in [2.24, 2.45) is 11.7 Å². The highest BCUT2D eigenvalue weighted by molar-refractivity contribution is 5.70. The summed E-state index contributed by atoms with van der Waals surface area (Å²) in [5, 5.41) is 9.19. The average molecular weight is 326 g/mol. The minimum atomic E-state index is -0.727. The van der Waals surface area contributed by atoms with Crippen molar-refractivity contribution >= 4 is 5.97 Å². The number of nitrogens with two attached hydrogens (primary N) is 1. The van der Waals surface area contributed by atoms with Gasteiger partial charge in [-0.15, -0.1) is 0 Å². The fourth-order valence-corrected chi connectivity index (χ4v) is 3.18. The van der Waals surface area contributed by atoms with Crippen LogP contribution in [0, 0.1) is 5.92 Å². The second kappa shape index (κ2) is 7.47. The molecule has 0 bridgehead atoms. The van der Waals surface area contributed by atoms with Gasteiger partial charge in [-0.2, -0.15) is 0 Å². The molecule has 0 amide bonds. The predicted molar refractivity (Wildman–Crippen MR) is 92.1 cm³/mol. The van der Waals surface area contributed by atoms with Crippen LogP contribution in [-0.4, -0.2) is 35.6 Å². The molecule has 1 aliphatic heterocycles. The van der Waals surface area contributed by atoms with Gasteiger partial charge in [-0.25, -0.2) is 0 Å². The second-order valence-corrected chi connectivity index (χ2v) is 6.06. The summed E-state index contributed by atoms with van der Waals surface area (Å²) in [5.41, 5.74) is 7.03. The highest BCUT2D eigenvalue weighted by Gasteiger charge is 2.32. The van der Waals surface area contributed by atoms with Crippen molar-refractivity contribution in [3.63, 3.8) is 0 Å². The van der Waals surface area contributed by atoms with Crippen LogP contribution in [0.2, 0.25) is 0 Å². The van der Waals surface area contributed by atoms with Gasteiger partial charge in [-0.05, 0) is 42.8 Å². The molecule has 0 radical (unpaired) electrons. The SMILES string of the molecule is NC[C@@H](c1cccc(Oc2ccccc2)c1)N1CC[C@@H](C(=O)O)C1. The highest BCUT2D eigenvalue weighted by Crippen LogP contribution is 2.30. The summed E-state index contributed by atoms with van der Waals surface area (Å²) in [4.78, 5) is 13.3. The third-order valence-electron chi connectivity index (χ3n) is 4.45. The summed E-state index contributed by atoms with van der Waals surface area (Å²) < 4.78 is 5.88. The number of benzene rings is 2. The topological polar surface area (TPSA) is 75.8 Å². The second-order valence-electron chi connectivity index (χ2n) is 6.06. The van der Waals surface area contributed by atoms with Crippen LogP contribution < -0.4 is 10.5 Å². The fraction of sp³-hybridized carbons (Fsp3) is 0.316. The number of ether oxygens (including phenoxy) is 1. The van der Waals surface area contributed by atoms with Gasteiger partial charge in [0.15, 0.2) is 0 Å². The number of nitrogens with zero attached hydrogens (tertiary/aromatic N) is 1. The van der Waals surface area contributed by atoms with Crippen molar-refractivity contribution in [1.29, 1.82) is 0 Å². The molecule has 5 heteroatoms. The molecule has 1 fully saturated rings. The zero-order chi connectivity index (χ0) is 16.9. The molecule has 2 atom stereocenters. The lowest BCUT2D eigenvalue weighted by Crippen LogP contribution is -2.32. The van der Waals surface area contributed by atoms with Crippen molar-refractivity contribution in [2.75, 3.05) is 19.6 Å². The first kappa shape index (κ1) is 16.5. The Labute approximate surface area is 141 Å². The fourth-order valence-electron chi connectivity index (χ4n) is 3.18. The summed E-state index contributed by atoms with van der Waals surface area (Å²) >= 11 is 0. The molecular formula is C19H22N2O3. The number of carbonyl (C=O) groups is 1. The molecule has 1 saturated heterocycles. The van der Waals surface area contributed by atoms with Gasteiger partial charge in [0.2, 0.25) is 0 Å². The summed E-state index contributed by atoms with van der Waals surface area (Å²) in [6.45, 7) is 1.74. The molecule has 2 aromatic rings. The summed E-state index contributed by atoms with van der Waals surface area (Å²) in [6.07, 6.45) is 0.673. The summed E-state index contributed by atoms with van der Waals surface area (Å²) in [7, 11) is 0. The quantitative estimate of drug-likeness (QED) is 0.853. The monoisotopic (exact) mass is 326 g/mol. The van der Waals surface area contributed by atoms with Crippen molar-refractivity contribution in [3.8, 4) is 11.5 Å². The Bertz CT molecular complexity index is 690. The first-order valence-corrected chi connectivity index (χ1v) is 8.17. The molecule has 0 aliphatic carbocycles. The number of rotatable bonds is 6. The van der Waals surface area contributed by atoms with Gasteiger partial charge in [0.05, 0.1) is 5.92 Å². The lowest BCUT2D eigenvalue weighted by molar-refractivity contribution is -0.141. The number of hydrogen-bond acceptors (Lipinski definition) is 4. The maximum Gasteiger partial charge on any atom is 0.307 e. The Balaban J connectivity index is 1.75. The zero-order valence-corrected chi connectivity index (χ0v) is 13.5. The first-order valence-electron chi connectivity index (χ1n) is 8.17. The van der Waals surface area contributed by atoms with E-state index in [1.54, 1.807) is 0 Å². The van der Waals surface area contributed by atoms with Crippen LogP contribution in [0.4, 0.5) is 0 Å². The molecule has 0 saturated carbocycles. The van der Waals surface area contributed by atoms with E-state index in [-0.39, 0.29) is 12.0 Å². The van der Waals surface area contributed by atoms with Gasteiger partial charge < -0.3 is 15.6 Å². The Morgan fingerprint density at radius 3 is 2.62 bits per heavy atom. The predicted octanol–water partition coefficient (Wildman–Crippen LogP) is 2.89. The third-order valence-corrected chi connectivity index (χ3v) is 4.45. The lowest BCUT2D eigenvalue weighted by Gasteiger charge is -2.27. The van der Waals surface area contributed by atoms with Crippen LogP contribution in [-0.2, 0) is 4.79 Å². The number of hydrogen-bond donors (Lipinski definition) is 2. The van der Waals surface area contributed by atoms with Crippen LogP contribution in [0.5, 0.6) is 11.5 Å². The number of para-hydroxylation sites is 1. The summed E-state index contributed by atoms with van der Waals surface area (Å²) in [5.74, 6) is 0.509. The van der Waals surface area contributed by atoms with E-state index in [4.69, 9.17) is 10.5 Å². The van der Waals surface area contributed by atoms with Gasteiger partial charge in [0.25, 0.3) is 0 Å². The molecule has 24 heavy (non-hydrogen) atoms. The Hall–Kier alpha value is -2.37. The van der Waals surface area contributed by atoms with Crippen molar-refractivity contribution < 1.29 is 14.6 Å². The van der Waals surface area contributed by atoms with Crippen LogP contribution in [0.15, 0.2) is 54.6 Å². The number of carboxylic acids is 1. The van der Waals surface area contributed by atoms with Crippen LogP contribution in [0.1, 0.15) is 18.0 Å². The Morgan fingerprint density at radius 1 is 1.21 bits per heavy atom. The van der Waals surface area contributed by atoms with Crippen molar-refractivity contribution in [1.82, 2.24) is 4.90 Å². The van der Waals surface area contributed by atoms with Gasteiger partial charge in [-0.3, -0.25) is 9.69 Å². The van der Waals surface area contributed by atoms with E-state index in [0.717, 1.165) is 23.6 Å². The first-order chi connectivity index (χ1) is 11.7. The lowest BCUT2D eigenvalue weighted by atomic mass is 10.1. The average Bonchev–Trinajstić information content (AvgIpc) is 3.07. The van der Waals surface area contributed by atoms with Gasteiger partial charge in [0.1, 0.15) is 11.5 Å². The standard InChI is InChI=1S/C19H22N2O3/c20-12-18(21-10-9-15(13-21)19(22)23)14-5-4-8-17(11-14)24-16-6-2-1-3-7-16/h1-8,11,15,18H,9-10,12-13,20H2,(H,22,23)/t15-,18+/m1/s1. The van der Waals surface area contributed by atoms with Gasteiger partial charge in [-0.1, -0.05) is 30.3 Å². The molecule has 3 rings (SSSR count). The minimum Gasteiger partial charge on any atom is -0.481 e. The molecule has 0 aromatic heterocycles. The maximum absolute atomic E-state index is 11.2. The number of aliphatic carboxylic acids is 1. The Kier molecular flexibility index (Phi) is 5.13. The zero-order valence-electron chi connectivity index (χ0n) is 13.5. The number of carboxylic acid groups (broad SMARTS) is 1. The largest absolute Gasteiger partial charge is 0.481 e. The van der Waals surface area contributed by atoms with Crippen molar-refractivity contribution in [3.05, 3.63) is 60.2 Å². The summed E-state index contributed by atoms with van der Waals surface area (Å²) in [6, 6.07) is 17.5. The molecule has 0 spiro atoms. The molecule has 1 aliphatic rings. The van der Waals surface area contributed by atoms with E-state index in [1.165, 1.54) is 0 Å². The van der Waals surface area contributed by atoms with Crippen molar-refractivity contribution in [2.45, 2.75) is 12.5 Å². The van der Waals surface area contributed by atoms with Crippen LogP contribution in [0.3, 0.4) is 0 Å². The minimum absolute atomic E-state index is 0.00803. The molecule has 126 valence electrons. The van der Waals surface area contributed by atoms with Gasteiger partial charge >= 0.3 is 5.97 Å². The number of likely N-dealkylation sites (tertiary alicyclic amines) is 1. The van der Waals surface area contributed by atoms with E-state index < -0.39 is 5.97 Å². The molecule has 5 nitrogen and oxygen atoms in total. The third kappa shape index (κ3) is 3.75. The molecular weight excluding hydrogens is 304 g/mol. The smallest absolute Gasteiger partial charge is 0.307 e. The molecule has 1 heterocycles. The van der Waals surface area contributed by atoms with Crippen LogP contribution >= 0.6 is 0 Å². The Morgan fingerprint density at radius 2 is 1.96 bits per heavy atom. The van der Waals surface area contributed by atoms with E-state index in [2.05, 4.69) is 4.90 Å².